The van der Waals surface area contributed by atoms with Gasteiger partial charge in [-0.25, -0.2) is 0 Å². The summed E-state index contributed by atoms with van der Waals surface area (Å²) in [6.07, 6.45) is 1.58. The van der Waals surface area contributed by atoms with Crippen LogP contribution in [0.4, 0.5) is 0 Å². The molecule has 5 rings (SSSR count). The Hall–Kier alpha value is -3.93. The molecule has 0 aliphatic carbocycles. The van der Waals surface area contributed by atoms with Gasteiger partial charge in [0.2, 0.25) is 5.78 Å². The van der Waals surface area contributed by atoms with E-state index in [2.05, 4.69) is 10.2 Å². The lowest BCUT2D eigenvalue weighted by molar-refractivity contribution is 0.101. The number of ketones is 1. The van der Waals surface area contributed by atoms with Gasteiger partial charge in [0.15, 0.2) is 5.76 Å². The topological polar surface area (TPSA) is 81.2 Å². The highest BCUT2D eigenvalue weighted by atomic mass is 16.3. The number of carbonyl (C=O) groups is 1. The highest BCUT2D eigenvalue weighted by Crippen LogP contribution is 2.36. The Morgan fingerprint density at radius 3 is 2.57 bits per heavy atom. The second-order valence-electron chi connectivity index (χ2n) is 6.56. The fraction of sp³-hybridized carbons (Fsp3) is 0.0455. The summed E-state index contributed by atoms with van der Waals surface area (Å²) in [5, 5.41) is 20.4. The van der Waals surface area contributed by atoms with E-state index in [1.165, 1.54) is 12.1 Å². The highest BCUT2D eigenvalue weighted by molar-refractivity contribution is 6.18. The summed E-state index contributed by atoms with van der Waals surface area (Å²) in [5.74, 6) is 0.681. The van der Waals surface area contributed by atoms with Gasteiger partial charge in [0, 0.05) is 5.56 Å². The maximum atomic E-state index is 13.3. The number of phenolic OH excluding ortho intramolecular Hbond substituents is 1. The third-order valence-corrected chi connectivity index (χ3v) is 4.85. The minimum absolute atomic E-state index is 0.0991. The second kappa shape index (κ2) is 6.06. The fourth-order valence-corrected chi connectivity index (χ4v) is 3.49. The number of aromatic hydroxyl groups is 1. The highest BCUT2D eigenvalue weighted by Gasteiger charge is 2.25. The van der Waals surface area contributed by atoms with Crippen LogP contribution in [0.2, 0.25) is 0 Å². The molecule has 6 nitrogen and oxygen atoms in total. The van der Waals surface area contributed by atoms with Gasteiger partial charge in [-0.05, 0) is 48.0 Å². The van der Waals surface area contributed by atoms with Crippen LogP contribution in [0.15, 0.2) is 71.4 Å². The second-order valence-corrected chi connectivity index (χ2v) is 6.56. The number of phenols is 1. The van der Waals surface area contributed by atoms with Crippen molar-refractivity contribution >= 4 is 27.5 Å². The summed E-state index contributed by atoms with van der Waals surface area (Å²) in [6, 6.07) is 17.9. The van der Waals surface area contributed by atoms with Crippen molar-refractivity contribution in [1.82, 2.24) is 14.8 Å². The van der Waals surface area contributed by atoms with Gasteiger partial charge < -0.3 is 9.52 Å². The molecule has 0 bridgehead atoms. The molecule has 0 amide bonds. The van der Waals surface area contributed by atoms with E-state index in [4.69, 9.17) is 4.42 Å². The fourth-order valence-electron chi connectivity index (χ4n) is 3.49. The van der Waals surface area contributed by atoms with Crippen LogP contribution in [0.3, 0.4) is 0 Å². The van der Waals surface area contributed by atoms with Crippen molar-refractivity contribution in [3.05, 3.63) is 84.1 Å². The molecule has 3 aromatic carbocycles. The summed E-state index contributed by atoms with van der Waals surface area (Å²) in [7, 11) is 0. The van der Waals surface area contributed by atoms with Gasteiger partial charge in [0.25, 0.3) is 0 Å². The van der Waals surface area contributed by atoms with Crippen LogP contribution in [0, 0.1) is 6.92 Å². The summed E-state index contributed by atoms with van der Waals surface area (Å²) >= 11 is 0. The largest absolute Gasteiger partial charge is 0.508 e. The van der Waals surface area contributed by atoms with Crippen molar-refractivity contribution in [2.75, 3.05) is 0 Å². The van der Waals surface area contributed by atoms with E-state index in [1.807, 2.05) is 43.3 Å². The molecule has 0 fully saturated rings. The molecule has 0 spiro atoms. The summed E-state index contributed by atoms with van der Waals surface area (Å²) in [5.41, 5.74) is 1.66. The molecule has 0 atom stereocenters. The number of carbonyl (C=O) groups excluding carboxylic acids is 1. The number of fused-ring (bicyclic) bond motifs is 3. The maximum absolute atomic E-state index is 13.3. The van der Waals surface area contributed by atoms with Crippen molar-refractivity contribution in [3.8, 4) is 11.4 Å². The van der Waals surface area contributed by atoms with Crippen LogP contribution in [0.25, 0.3) is 27.4 Å². The Bertz CT molecular complexity index is 1350. The van der Waals surface area contributed by atoms with Gasteiger partial charge in [0.05, 0.1) is 5.39 Å². The molecule has 136 valence electrons. The van der Waals surface area contributed by atoms with Crippen LogP contribution in [0.1, 0.15) is 21.9 Å². The Labute approximate surface area is 159 Å². The molecule has 2 heterocycles. The van der Waals surface area contributed by atoms with Crippen molar-refractivity contribution in [2.24, 2.45) is 0 Å². The summed E-state index contributed by atoms with van der Waals surface area (Å²) < 4.78 is 7.81. The molecular formula is C22H15N3O3. The van der Waals surface area contributed by atoms with Gasteiger partial charge >= 0.3 is 0 Å². The van der Waals surface area contributed by atoms with Gasteiger partial charge in [-0.1, -0.05) is 30.3 Å². The van der Waals surface area contributed by atoms with Gasteiger partial charge in [-0.15, -0.1) is 10.2 Å². The van der Waals surface area contributed by atoms with Crippen molar-refractivity contribution in [1.29, 1.82) is 0 Å². The normalized spacial score (nSPS) is 11.3. The third-order valence-electron chi connectivity index (χ3n) is 4.85. The van der Waals surface area contributed by atoms with Crippen LogP contribution < -0.4 is 0 Å². The van der Waals surface area contributed by atoms with E-state index in [9.17, 15) is 9.90 Å². The Morgan fingerprint density at radius 1 is 1.04 bits per heavy atom. The zero-order valence-electron chi connectivity index (χ0n) is 15.0. The van der Waals surface area contributed by atoms with Crippen LogP contribution >= 0.6 is 0 Å². The van der Waals surface area contributed by atoms with Gasteiger partial charge in [0.1, 0.15) is 29.2 Å². The monoisotopic (exact) mass is 369 g/mol. The van der Waals surface area contributed by atoms with E-state index in [1.54, 1.807) is 23.0 Å². The zero-order valence-corrected chi connectivity index (χ0v) is 15.0. The van der Waals surface area contributed by atoms with E-state index in [0.29, 0.717) is 22.7 Å². The first-order chi connectivity index (χ1) is 13.6. The first-order valence-corrected chi connectivity index (χ1v) is 8.78. The number of benzene rings is 3. The van der Waals surface area contributed by atoms with Crippen LogP contribution in [-0.4, -0.2) is 25.7 Å². The number of nitrogens with zero attached hydrogens (tertiary/aromatic N) is 3. The first kappa shape index (κ1) is 16.3. The number of furan rings is 1. The number of hydrogen-bond donors (Lipinski definition) is 1. The maximum Gasteiger partial charge on any atom is 0.230 e. The molecule has 0 saturated carbocycles. The molecule has 28 heavy (non-hydrogen) atoms. The summed E-state index contributed by atoms with van der Waals surface area (Å²) in [4.78, 5) is 13.3. The molecule has 0 unspecified atom stereocenters. The standard InChI is InChI=1S/C22H15N3O3/c1-13-24-23-12-25(13)20-19-17-5-3-2-4-14(17)8-11-18(19)28-22(20)21(27)15-6-9-16(26)10-7-15/h2-12,26H,1H3. The molecule has 0 radical (unpaired) electrons. The van der Waals surface area contributed by atoms with E-state index >= 15 is 0 Å². The molecule has 0 saturated heterocycles. The number of rotatable bonds is 3. The third kappa shape index (κ3) is 2.39. The van der Waals surface area contributed by atoms with Crippen molar-refractivity contribution in [2.45, 2.75) is 6.92 Å². The molecule has 1 N–H and O–H groups in total. The summed E-state index contributed by atoms with van der Waals surface area (Å²) in [6.45, 7) is 1.83. The lowest BCUT2D eigenvalue weighted by Gasteiger charge is -2.06. The van der Waals surface area contributed by atoms with Gasteiger partial charge in [-0.3, -0.25) is 9.36 Å². The minimum Gasteiger partial charge on any atom is -0.508 e. The average molecular weight is 369 g/mol. The molecule has 0 aliphatic rings. The number of aryl methyl sites for hydroxylation is 1. The van der Waals surface area contributed by atoms with E-state index < -0.39 is 0 Å². The Balaban J connectivity index is 1.86. The smallest absolute Gasteiger partial charge is 0.230 e. The predicted molar refractivity (Wildman–Crippen MR) is 105 cm³/mol. The lowest BCUT2D eigenvalue weighted by Crippen LogP contribution is -2.06. The van der Waals surface area contributed by atoms with E-state index in [-0.39, 0.29) is 17.3 Å². The number of hydrogen-bond acceptors (Lipinski definition) is 5. The van der Waals surface area contributed by atoms with Crippen molar-refractivity contribution in [3.63, 3.8) is 0 Å². The molecule has 5 aromatic rings. The van der Waals surface area contributed by atoms with Crippen LogP contribution in [0.5, 0.6) is 5.75 Å². The number of aromatic nitrogens is 3. The SMILES string of the molecule is Cc1nncn1-c1c(C(=O)c2ccc(O)cc2)oc2ccc3ccccc3c12. The molecule has 6 heteroatoms. The quantitative estimate of drug-likeness (QED) is 0.476. The minimum atomic E-state index is -0.275. The first-order valence-electron chi connectivity index (χ1n) is 8.78. The van der Waals surface area contributed by atoms with E-state index in [0.717, 1.165) is 16.2 Å². The average Bonchev–Trinajstić information content (AvgIpc) is 3.31. The van der Waals surface area contributed by atoms with Crippen molar-refractivity contribution < 1.29 is 14.3 Å². The Kier molecular flexibility index (Phi) is 3.52. The van der Waals surface area contributed by atoms with Crippen LogP contribution in [-0.2, 0) is 0 Å². The Morgan fingerprint density at radius 2 is 1.82 bits per heavy atom. The molecular weight excluding hydrogens is 354 g/mol. The lowest BCUT2D eigenvalue weighted by atomic mass is 10.0. The molecule has 2 aromatic heterocycles. The van der Waals surface area contributed by atoms with Gasteiger partial charge in [-0.2, -0.15) is 0 Å². The zero-order chi connectivity index (χ0) is 19.3. The molecule has 0 aliphatic heterocycles. The predicted octanol–water partition coefficient (Wildman–Crippen LogP) is 4.41.